The number of nitrogens with zero attached hydrogens (tertiary/aromatic N) is 2. The highest BCUT2D eigenvalue weighted by Crippen LogP contribution is 2.37. The third-order valence-electron chi connectivity index (χ3n) is 3.72. The molecule has 2 unspecified atom stereocenters. The van der Waals surface area contributed by atoms with Crippen LogP contribution in [0.25, 0.3) is 0 Å². The Morgan fingerprint density at radius 1 is 1.10 bits per heavy atom. The van der Waals surface area contributed by atoms with Crippen LogP contribution in [0.3, 0.4) is 0 Å². The minimum atomic E-state index is 0.623. The van der Waals surface area contributed by atoms with Crippen LogP contribution in [0.4, 0.5) is 11.6 Å². The minimum absolute atomic E-state index is 0.623. The molecule has 1 aliphatic carbocycles. The van der Waals surface area contributed by atoms with Crippen molar-refractivity contribution in [3.8, 4) is 0 Å². The Morgan fingerprint density at radius 3 is 2.60 bits per heavy atom. The molecule has 1 aromatic rings. The lowest BCUT2D eigenvalue weighted by Crippen LogP contribution is -2.11. The van der Waals surface area contributed by atoms with Gasteiger partial charge in [0.1, 0.15) is 17.5 Å². The number of hydrogen-bond acceptors (Lipinski definition) is 4. The molecule has 1 aliphatic rings. The standard InChI is InChI=1S/C16H28N4/c1-4-7-12-10-13(12)18-16-11-15(17-9-6-3)19-14(20-16)8-5-2/h11-13H,4-10H2,1-3H3,(H2,17,18,19,20). The summed E-state index contributed by atoms with van der Waals surface area (Å²) in [7, 11) is 0. The maximum absolute atomic E-state index is 4.64. The van der Waals surface area contributed by atoms with Crippen molar-refractivity contribution in [2.45, 2.75) is 65.3 Å². The van der Waals surface area contributed by atoms with Gasteiger partial charge in [-0.2, -0.15) is 0 Å². The van der Waals surface area contributed by atoms with Crippen LogP contribution < -0.4 is 10.6 Å². The van der Waals surface area contributed by atoms with Crippen molar-refractivity contribution in [1.29, 1.82) is 0 Å². The molecule has 2 rings (SSSR count). The summed E-state index contributed by atoms with van der Waals surface area (Å²) in [5.41, 5.74) is 0. The van der Waals surface area contributed by atoms with Gasteiger partial charge in [-0.05, 0) is 31.6 Å². The van der Waals surface area contributed by atoms with Crippen molar-refractivity contribution in [2.75, 3.05) is 17.2 Å². The quantitative estimate of drug-likeness (QED) is 0.719. The Hall–Kier alpha value is -1.32. The van der Waals surface area contributed by atoms with E-state index in [2.05, 4.69) is 47.4 Å². The fraction of sp³-hybridized carbons (Fsp3) is 0.750. The van der Waals surface area contributed by atoms with Crippen molar-refractivity contribution < 1.29 is 0 Å². The average Bonchev–Trinajstić information content (AvgIpc) is 3.15. The molecule has 1 heterocycles. The summed E-state index contributed by atoms with van der Waals surface area (Å²) in [5, 5.41) is 6.95. The van der Waals surface area contributed by atoms with Gasteiger partial charge >= 0.3 is 0 Å². The van der Waals surface area contributed by atoms with Crippen LogP contribution in [-0.4, -0.2) is 22.6 Å². The van der Waals surface area contributed by atoms with Crippen LogP contribution in [0.2, 0.25) is 0 Å². The molecule has 0 spiro atoms. The number of nitrogens with one attached hydrogen (secondary N) is 2. The predicted molar refractivity (Wildman–Crippen MR) is 85.2 cm³/mol. The molecule has 4 nitrogen and oxygen atoms in total. The zero-order valence-electron chi connectivity index (χ0n) is 13.1. The second-order valence-corrected chi connectivity index (χ2v) is 5.77. The Balaban J connectivity index is 2.00. The molecule has 1 aromatic heterocycles. The van der Waals surface area contributed by atoms with Gasteiger partial charge in [-0.15, -0.1) is 0 Å². The SMILES string of the molecule is CCCNc1cc(NC2CC2CCC)nc(CCC)n1. The lowest BCUT2D eigenvalue weighted by molar-refractivity contribution is 0.691. The molecule has 4 heteroatoms. The lowest BCUT2D eigenvalue weighted by atomic mass is 10.2. The minimum Gasteiger partial charge on any atom is -0.370 e. The smallest absolute Gasteiger partial charge is 0.133 e. The Labute approximate surface area is 122 Å². The first-order chi connectivity index (χ1) is 9.76. The molecule has 0 bridgehead atoms. The fourth-order valence-corrected chi connectivity index (χ4v) is 2.55. The van der Waals surface area contributed by atoms with E-state index in [1.807, 2.05) is 0 Å². The molecule has 0 saturated heterocycles. The van der Waals surface area contributed by atoms with E-state index in [1.54, 1.807) is 0 Å². The molecular formula is C16H28N4. The van der Waals surface area contributed by atoms with E-state index in [0.717, 1.165) is 49.2 Å². The summed E-state index contributed by atoms with van der Waals surface area (Å²) in [6.07, 6.45) is 7.02. The third kappa shape index (κ3) is 4.36. The van der Waals surface area contributed by atoms with E-state index < -0.39 is 0 Å². The summed E-state index contributed by atoms with van der Waals surface area (Å²) in [6, 6.07) is 2.68. The monoisotopic (exact) mass is 276 g/mol. The third-order valence-corrected chi connectivity index (χ3v) is 3.72. The molecule has 2 atom stereocenters. The van der Waals surface area contributed by atoms with Gasteiger partial charge in [-0.1, -0.05) is 27.2 Å². The second-order valence-electron chi connectivity index (χ2n) is 5.77. The number of aryl methyl sites for hydroxylation is 1. The number of aromatic nitrogens is 2. The normalized spacial score (nSPS) is 20.8. The molecular weight excluding hydrogens is 248 g/mol. The van der Waals surface area contributed by atoms with Crippen molar-refractivity contribution >= 4 is 11.6 Å². The molecule has 0 radical (unpaired) electrons. The van der Waals surface area contributed by atoms with Crippen LogP contribution in [0.15, 0.2) is 6.07 Å². The van der Waals surface area contributed by atoms with Gasteiger partial charge in [0, 0.05) is 25.1 Å². The zero-order chi connectivity index (χ0) is 14.4. The Morgan fingerprint density at radius 2 is 1.90 bits per heavy atom. The summed E-state index contributed by atoms with van der Waals surface area (Å²) < 4.78 is 0. The van der Waals surface area contributed by atoms with E-state index in [4.69, 9.17) is 0 Å². The number of rotatable bonds is 9. The van der Waals surface area contributed by atoms with Gasteiger partial charge in [0.15, 0.2) is 0 Å². The van der Waals surface area contributed by atoms with E-state index in [0.29, 0.717) is 6.04 Å². The van der Waals surface area contributed by atoms with Crippen molar-refractivity contribution in [3.05, 3.63) is 11.9 Å². The topological polar surface area (TPSA) is 49.8 Å². The van der Waals surface area contributed by atoms with Gasteiger partial charge in [0.05, 0.1) is 0 Å². The van der Waals surface area contributed by atoms with E-state index in [-0.39, 0.29) is 0 Å². The molecule has 1 fully saturated rings. The summed E-state index contributed by atoms with van der Waals surface area (Å²) in [5.74, 6) is 3.74. The fourth-order valence-electron chi connectivity index (χ4n) is 2.55. The molecule has 0 amide bonds. The summed E-state index contributed by atoms with van der Waals surface area (Å²) >= 11 is 0. The van der Waals surface area contributed by atoms with Gasteiger partial charge in [0.2, 0.25) is 0 Å². The molecule has 0 aliphatic heterocycles. The van der Waals surface area contributed by atoms with Gasteiger partial charge < -0.3 is 10.6 Å². The average molecular weight is 276 g/mol. The lowest BCUT2D eigenvalue weighted by Gasteiger charge is -2.11. The Bertz CT molecular complexity index is 419. The first kappa shape index (κ1) is 15.1. The maximum atomic E-state index is 4.64. The van der Waals surface area contributed by atoms with E-state index in [9.17, 15) is 0 Å². The van der Waals surface area contributed by atoms with Crippen molar-refractivity contribution in [1.82, 2.24) is 9.97 Å². The molecule has 0 aromatic carbocycles. The van der Waals surface area contributed by atoms with Crippen LogP contribution in [-0.2, 0) is 6.42 Å². The van der Waals surface area contributed by atoms with Crippen molar-refractivity contribution in [3.63, 3.8) is 0 Å². The summed E-state index contributed by atoms with van der Waals surface area (Å²) in [4.78, 5) is 9.23. The van der Waals surface area contributed by atoms with Gasteiger partial charge in [0.25, 0.3) is 0 Å². The Kier molecular flexibility index (Phi) is 5.62. The highest BCUT2D eigenvalue weighted by molar-refractivity contribution is 5.49. The van der Waals surface area contributed by atoms with Crippen LogP contribution in [0.5, 0.6) is 0 Å². The van der Waals surface area contributed by atoms with Crippen molar-refractivity contribution in [2.24, 2.45) is 5.92 Å². The highest BCUT2D eigenvalue weighted by atomic mass is 15.1. The van der Waals surface area contributed by atoms with Crippen LogP contribution in [0, 0.1) is 5.92 Å². The highest BCUT2D eigenvalue weighted by Gasteiger charge is 2.36. The van der Waals surface area contributed by atoms with Crippen LogP contribution >= 0.6 is 0 Å². The summed E-state index contributed by atoms with van der Waals surface area (Å²) in [6.45, 7) is 7.55. The number of anilines is 2. The first-order valence-electron chi connectivity index (χ1n) is 8.15. The van der Waals surface area contributed by atoms with Gasteiger partial charge in [-0.3, -0.25) is 0 Å². The van der Waals surface area contributed by atoms with Crippen LogP contribution in [0.1, 0.15) is 58.7 Å². The van der Waals surface area contributed by atoms with E-state index >= 15 is 0 Å². The molecule has 2 N–H and O–H groups in total. The van der Waals surface area contributed by atoms with Gasteiger partial charge in [-0.25, -0.2) is 9.97 Å². The predicted octanol–water partition coefficient (Wildman–Crippen LogP) is 3.85. The second kappa shape index (κ2) is 7.46. The maximum Gasteiger partial charge on any atom is 0.133 e. The zero-order valence-corrected chi connectivity index (χ0v) is 13.1. The number of hydrogen-bond donors (Lipinski definition) is 2. The first-order valence-corrected chi connectivity index (χ1v) is 8.15. The molecule has 1 saturated carbocycles. The largest absolute Gasteiger partial charge is 0.370 e. The molecule has 112 valence electrons. The van der Waals surface area contributed by atoms with E-state index in [1.165, 1.54) is 19.3 Å². The molecule has 20 heavy (non-hydrogen) atoms.